The lowest BCUT2D eigenvalue weighted by atomic mass is 9.87. The summed E-state index contributed by atoms with van der Waals surface area (Å²) < 4.78 is 5.36. The van der Waals surface area contributed by atoms with E-state index >= 15 is 0 Å². The van der Waals surface area contributed by atoms with E-state index in [0.717, 1.165) is 51.1 Å². The highest BCUT2D eigenvalue weighted by Gasteiger charge is 2.27. The number of carbonyl (C=O) groups excluding carboxylic acids is 4. The molecule has 0 atom stereocenters. The number of nitrogens with zero attached hydrogens (tertiary/aromatic N) is 4. The molecular formula is C42H60Cl2N6O5. The van der Waals surface area contributed by atoms with E-state index in [9.17, 15) is 19.2 Å². The Labute approximate surface area is 337 Å². The summed E-state index contributed by atoms with van der Waals surface area (Å²) in [6.07, 6.45) is 9.71. The van der Waals surface area contributed by atoms with Crippen LogP contribution in [0.5, 0.6) is 0 Å². The molecule has 2 N–H and O–H groups in total. The van der Waals surface area contributed by atoms with Crippen molar-refractivity contribution >= 4 is 58.5 Å². The highest BCUT2D eigenvalue weighted by atomic mass is 35.5. The quantitative estimate of drug-likeness (QED) is 0.304. The van der Waals surface area contributed by atoms with Gasteiger partial charge in [-0.2, -0.15) is 0 Å². The molecular weight excluding hydrogens is 739 g/mol. The van der Waals surface area contributed by atoms with Crippen LogP contribution in [0.3, 0.4) is 0 Å². The first-order chi connectivity index (χ1) is 26.3. The highest BCUT2D eigenvalue weighted by molar-refractivity contribution is 6.35. The molecule has 0 bridgehead atoms. The number of anilines is 2. The first kappa shape index (κ1) is 42.6. The van der Waals surface area contributed by atoms with E-state index in [1.807, 2.05) is 26.8 Å². The zero-order valence-electron chi connectivity index (χ0n) is 32.9. The van der Waals surface area contributed by atoms with E-state index in [0.29, 0.717) is 86.2 Å². The number of ether oxygens (including phenoxy) is 1. The van der Waals surface area contributed by atoms with Gasteiger partial charge in [0.05, 0.1) is 0 Å². The lowest BCUT2D eigenvalue weighted by Gasteiger charge is -2.26. The Kier molecular flexibility index (Phi) is 15.9. The predicted octanol–water partition coefficient (Wildman–Crippen LogP) is 8.51. The smallest absolute Gasteiger partial charge is 0.321 e. The zero-order chi connectivity index (χ0) is 39.4. The summed E-state index contributed by atoms with van der Waals surface area (Å²) in [7, 11) is 0. The van der Waals surface area contributed by atoms with Gasteiger partial charge >= 0.3 is 12.1 Å². The topological polar surface area (TPSA) is 115 Å². The molecule has 11 nitrogen and oxygen atoms in total. The molecule has 3 aliphatic heterocycles. The van der Waals surface area contributed by atoms with Gasteiger partial charge in [-0.05, 0) is 91.7 Å². The average molecular weight is 800 g/mol. The molecule has 4 aliphatic rings. The Morgan fingerprint density at radius 2 is 1.04 bits per heavy atom. The molecule has 3 heterocycles. The standard InChI is InChI=1S/C23H35N3O2.C19H25Cl2N3O3/c1-23(2,3)19-9-11-20(12-10-19)24-22(28)26-14-6-13-25(15-16-26)21(27)17-18-7-4-5-8-18;20-15-11-16(21)13-17(12-15)22-19(26)24-5-1-4-23(6-7-24)18(25)10-14-2-8-27-9-3-14/h9-12,18H,4-8,13-17H2,1-3H3,(H,24,28);11-14H,1-10H2,(H,22,26). The summed E-state index contributed by atoms with van der Waals surface area (Å²) in [5.74, 6) is 1.45. The molecule has 1 saturated carbocycles. The Bertz CT molecular complexity index is 1570. The number of benzene rings is 2. The second-order valence-corrected chi connectivity index (χ2v) is 17.3. The van der Waals surface area contributed by atoms with Gasteiger partial charge < -0.3 is 35.0 Å². The van der Waals surface area contributed by atoms with Crippen molar-refractivity contribution in [3.8, 4) is 0 Å². The van der Waals surface area contributed by atoms with Crippen molar-refractivity contribution < 1.29 is 23.9 Å². The maximum absolute atomic E-state index is 12.7. The van der Waals surface area contributed by atoms with Crippen molar-refractivity contribution in [1.29, 1.82) is 0 Å². The molecule has 4 fully saturated rings. The number of halogens is 2. The molecule has 0 spiro atoms. The zero-order valence-corrected chi connectivity index (χ0v) is 34.4. The fourth-order valence-electron chi connectivity index (χ4n) is 7.74. The molecule has 302 valence electrons. The van der Waals surface area contributed by atoms with E-state index in [-0.39, 0.29) is 29.3 Å². The van der Waals surface area contributed by atoms with Gasteiger partial charge in [0.2, 0.25) is 11.8 Å². The largest absolute Gasteiger partial charge is 0.381 e. The first-order valence-electron chi connectivity index (χ1n) is 20.2. The van der Waals surface area contributed by atoms with Gasteiger partial charge in [0.25, 0.3) is 0 Å². The van der Waals surface area contributed by atoms with E-state index in [4.69, 9.17) is 27.9 Å². The Hall–Kier alpha value is -3.54. The van der Waals surface area contributed by atoms with Crippen LogP contribution in [0.15, 0.2) is 42.5 Å². The van der Waals surface area contributed by atoms with Crippen LogP contribution in [0.1, 0.15) is 90.5 Å². The normalized spacial score (nSPS) is 18.9. The molecule has 13 heteroatoms. The third-order valence-electron chi connectivity index (χ3n) is 11.1. The minimum atomic E-state index is -0.202. The van der Waals surface area contributed by atoms with Crippen molar-refractivity contribution in [3.63, 3.8) is 0 Å². The molecule has 55 heavy (non-hydrogen) atoms. The second-order valence-electron chi connectivity index (χ2n) is 16.4. The summed E-state index contributed by atoms with van der Waals surface area (Å²) in [6, 6.07) is 12.7. The fraction of sp³-hybridized carbons (Fsp3) is 0.619. The van der Waals surface area contributed by atoms with E-state index in [2.05, 4.69) is 43.5 Å². The van der Waals surface area contributed by atoms with E-state index < -0.39 is 0 Å². The molecule has 0 radical (unpaired) electrons. The minimum absolute atomic E-state index is 0.0754. The number of hydrogen-bond acceptors (Lipinski definition) is 5. The Balaban J connectivity index is 0.000000211. The Morgan fingerprint density at radius 3 is 1.53 bits per heavy atom. The molecule has 6 rings (SSSR count). The molecule has 2 aromatic rings. The summed E-state index contributed by atoms with van der Waals surface area (Å²) in [5.41, 5.74) is 2.73. The lowest BCUT2D eigenvalue weighted by molar-refractivity contribution is -0.133. The van der Waals surface area contributed by atoms with E-state index in [1.54, 1.807) is 23.1 Å². The van der Waals surface area contributed by atoms with Gasteiger partial charge in [-0.25, -0.2) is 9.59 Å². The van der Waals surface area contributed by atoms with Crippen molar-refractivity contribution in [3.05, 3.63) is 58.1 Å². The van der Waals surface area contributed by atoms with Gasteiger partial charge in [0, 0.05) is 99.8 Å². The van der Waals surface area contributed by atoms with Crippen molar-refractivity contribution in [2.45, 2.75) is 90.4 Å². The van der Waals surface area contributed by atoms with Crippen LogP contribution < -0.4 is 10.6 Å². The number of hydrogen-bond donors (Lipinski definition) is 2. The minimum Gasteiger partial charge on any atom is -0.381 e. The first-order valence-corrected chi connectivity index (χ1v) is 20.9. The molecule has 0 unspecified atom stereocenters. The fourth-order valence-corrected chi connectivity index (χ4v) is 8.27. The van der Waals surface area contributed by atoms with Crippen molar-refractivity contribution in [1.82, 2.24) is 19.6 Å². The van der Waals surface area contributed by atoms with Crippen LogP contribution in [0, 0.1) is 11.8 Å². The summed E-state index contributed by atoms with van der Waals surface area (Å²) in [5, 5.41) is 6.78. The number of amides is 6. The highest BCUT2D eigenvalue weighted by Crippen LogP contribution is 2.29. The number of rotatable bonds is 6. The lowest BCUT2D eigenvalue weighted by Crippen LogP contribution is -2.39. The van der Waals surface area contributed by atoms with Gasteiger partial charge in [-0.3, -0.25) is 9.59 Å². The van der Waals surface area contributed by atoms with Crippen LogP contribution in [-0.4, -0.2) is 109 Å². The average Bonchev–Trinajstić information content (AvgIpc) is 3.36. The second kappa shape index (κ2) is 20.6. The number of nitrogens with one attached hydrogen (secondary N) is 2. The van der Waals surface area contributed by atoms with Gasteiger partial charge in [0.15, 0.2) is 0 Å². The third kappa shape index (κ3) is 13.6. The van der Waals surface area contributed by atoms with Gasteiger partial charge in [0.1, 0.15) is 0 Å². The van der Waals surface area contributed by atoms with Crippen LogP contribution in [0.25, 0.3) is 0 Å². The monoisotopic (exact) mass is 798 g/mol. The van der Waals surface area contributed by atoms with Crippen LogP contribution in [-0.2, 0) is 19.7 Å². The maximum Gasteiger partial charge on any atom is 0.321 e. The van der Waals surface area contributed by atoms with Crippen LogP contribution in [0.4, 0.5) is 21.0 Å². The molecule has 3 saturated heterocycles. The van der Waals surface area contributed by atoms with Crippen molar-refractivity contribution in [2.75, 3.05) is 76.2 Å². The number of carbonyl (C=O) groups is 4. The molecule has 6 amide bonds. The molecule has 1 aliphatic carbocycles. The van der Waals surface area contributed by atoms with Crippen molar-refractivity contribution in [2.24, 2.45) is 11.8 Å². The van der Waals surface area contributed by atoms with Crippen LogP contribution >= 0.6 is 23.2 Å². The maximum atomic E-state index is 12.7. The summed E-state index contributed by atoms with van der Waals surface area (Å²) in [4.78, 5) is 57.8. The molecule has 0 aromatic heterocycles. The Morgan fingerprint density at radius 1 is 0.600 bits per heavy atom. The summed E-state index contributed by atoms with van der Waals surface area (Å²) >= 11 is 12.0. The predicted molar refractivity (Wildman–Crippen MR) is 220 cm³/mol. The molecule has 2 aromatic carbocycles. The van der Waals surface area contributed by atoms with E-state index in [1.165, 1.54) is 31.2 Å². The van der Waals surface area contributed by atoms with Gasteiger partial charge in [-0.15, -0.1) is 0 Å². The summed E-state index contributed by atoms with van der Waals surface area (Å²) in [6.45, 7) is 13.1. The number of urea groups is 2. The van der Waals surface area contributed by atoms with Gasteiger partial charge in [-0.1, -0.05) is 68.9 Å². The SMILES string of the molecule is CC(C)(C)c1ccc(NC(=O)N2CCCN(C(=O)CC3CCCC3)CC2)cc1.O=C(CC1CCOCC1)N1CCCN(C(=O)Nc2cc(Cl)cc(Cl)c2)CC1. The third-order valence-corrected chi connectivity index (χ3v) is 11.6. The van der Waals surface area contributed by atoms with Crippen LogP contribution in [0.2, 0.25) is 10.0 Å².